The van der Waals surface area contributed by atoms with Gasteiger partial charge in [-0.2, -0.15) is 13.2 Å². The Kier molecular flexibility index (Phi) is 8.32. The van der Waals surface area contributed by atoms with Crippen LogP contribution >= 0.6 is 0 Å². The fraction of sp³-hybridized carbons (Fsp3) is 0.400. The summed E-state index contributed by atoms with van der Waals surface area (Å²) in [5, 5.41) is 1.44. The van der Waals surface area contributed by atoms with E-state index in [-0.39, 0.29) is 5.82 Å². The van der Waals surface area contributed by atoms with Gasteiger partial charge >= 0.3 is 6.18 Å². The second-order valence-electron chi connectivity index (χ2n) is 9.77. The van der Waals surface area contributed by atoms with Gasteiger partial charge in [0.1, 0.15) is 5.82 Å². The molecule has 0 bridgehead atoms. The quantitative estimate of drug-likeness (QED) is 0.209. The number of hydrogen-bond acceptors (Lipinski definition) is 1. The molecule has 4 rings (SSSR count). The van der Waals surface area contributed by atoms with Gasteiger partial charge in [-0.3, -0.25) is 0 Å². The third-order valence-corrected chi connectivity index (χ3v) is 7.23. The maximum Gasteiger partial charge on any atom is 0.422 e. The van der Waals surface area contributed by atoms with Gasteiger partial charge in [0, 0.05) is 5.39 Å². The summed E-state index contributed by atoms with van der Waals surface area (Å²) in [4.78, 5) is 0. The summed E-state index contributed by atoms with van der Waals surface area (Å²) in [5.74, 6) is -0.309. The summed E-state index contributed by atoms with van der Waals surface area (Å²) >= 11 is 0. The molecule has 192 valence electrons. The minimum absolute atomic E-state index is 0.280. The average molecular weight is 503 g/mol. The van der Waals surface area contributed by atoms with E-state index in [1.54, 1.807) is 6.07 Å². The Morgan fingerprint density at radius 3 is 2.39 bits per heavy atom. The van der Waals surface area contributed by atoms with Gasteiger partial charge in [-0.1, -0.05) is 42.5 Å². The highest BCUT2D eigenvalue weighted by molar-refractivity contribution is 5.84. The van der Waals surface area contributed by atoms with Crippen LogP contribution in [0.1, 0.15) is 61.1 Å². The Morgan fingerprint density at radius 2 is 1.69 bits per heavy atom. The molecule has 0 radical (unpaired) electrons. The lowest BCUT2D eigenvalue weighted by atomic mass is 9.77. The Bertz CT molecular complexity index is 1190. The van der Waals surface area contributed by atoms with Crippen LogP contribution in [0.25, 0.3) is 10.8 Å². The van der Waals surface area contributed by atoms with Gasteiger partial charge in [-0.25, -0.2) is 8.78 Å². The molecule has 0 aromatic heterocycles. The highest BCUT2D eigenvalue weighted by Gasteiger charge is 2.29. The van der Waals surface area contributed by atoms with Crippen molar-refractivity contribution in [3.05, 3.63) is 89.5 Å². The lowest BCUT2D eigenvalue weighted by molar-refractivity contribution is -0.153. The van der Waals surface area contributed by atoms with Crippen LogP contribution in [0.15, 0.2) is 61.2 Å². The standard InChI is InChI=1S/C30H31F5O/c1-2-3-4-20-5-9-22(10-6-20)24-14-15-26-25(18-24)13-12-23(29(26)32)11-7-21-8-16-28(27(31)17-21)36-19-30(33,34)35/h2,8,12-18,20,22H,1,3-7,9-11,19H2. The predicted molar refractivity (Wildman–Crippen MR) is 133 cm³/mol. The smallest absolute Gasteiger partial charge is 0.422 e. The van der Waals surface area contributed by atoms with Crippen molar-refractivity contribution in [3.8, 4) is 5.75 Å². The van der Waals surface area contributed by atoms with Gasteiger partial charge in [0.05, 0.1) is 0 Å². The van der Waals surface area contributed by atoms with Crippen molar-refractivity contribution in [2.24, 2.45) is 5.92 Å². The molecule has 1 fully saturated rings. The van der Waals surface area contributed by atoms with Crippen LogP contribution in [-0.4, -0.2) is 12.8 Å². The van der Waals surface area contributed by atoms with E-state index in [1.165, 1.54) is 37.0 Å². The van der Waals surface area contributed by atoms with Crippen LogP contribution in [0, 0.1) is 17.6 Å². The molecule has 3 aromatic rings. The summed E-state index contributed by atoms with van der Waals surface area (Å²) in [6, 6.07) is 13.5. The van der Waals surface area contributed by atoms with Gasteiger partial charge < -0.3 is 4.74 Å². The van der Waals surface area contributed by atoms with E-state index in [0.29, 0.717) is 35.3 Å². The molecule has 1 aliphatic rings. The first kappa shape index (κ1) is 26.2. The topological polar surface area (TPSA) is 9.23 Å². The van der Waals surface area contributed by atoms with E-state index < -0.39 is 24.3 Å². The molecule has 3 aromatic carbocycles. The van der Waals surface area contributed by atoms with Crippen molar-refractivity contribution in [3.63, 3.8) is 0 Å². The molecule has 0 amide bonds. The molecular weight excluding hydrogens is 471 g/mol. The molecule has 6 heteroatoms. The van der Waals surface area contributed by atoms with Crippen LogP contribution in [0.5, 0.6) is 5.75 Å². The summed E-state index contributed by atoms with van der Waals surface area (Å²) in [7, 11) is 0. The predicted octanol–water partition coefficient (Wildman–Crippen LogP) is 9.08. The maximum absolute atomic E-state index is 15.3. The number of rotatable bonds is 9. The van der Waals surface area contributed by atoms with Crippen LogP contribution in [0.4, 0.5) is 22.0 Å². The Labute approximate surface area is 209 Å². The summed E-state index contributed by atoms with van der Waals surface area (Å²) in [6.07, 6.45) is 5.20. The molecule has 0 N–H and O–H groups in total. The molecule has 0 atom stereocenters. The van der Waals surface area contributed by atoms with Crippen molar-refractivity contribution in [1.29, 1.82) is 0 Å². The number of ether oxygens (including phenoxy) is 1. The lowest BCUT2D eigenvalue weighted by Gasteiger charge is -2.28. The number of alkyl halides is 3. The van der Waals surface area contributed by atoms with Crippen LogP contribution in [-0.2, 0) is 12.8 Å². The first-order valence-corrected chi connectivity index (χ1v) is 12.5. The van der Waals surface area contributed by atoms with E-state index in [4.69, 9.17) is 0 Å². The fourth-order valence-electron chi connectivity index (χ4n) is 5.20. The second-order valence-corrected chi connectivity index (χ2v) is 9.77. The van der Waals surface area contributed by atoms with Crippen molar-refractivity contribution >= 4 is 10.8 Å². The molecular formula is C30H31F5O. The monoisotopic (exact) mass is 502 g/mol. The largest absolute Gasteiger partial charge is 0.481 e. The molecule has 0 heterocycles. The number of aryl methyl sites for hydroxylation is 2. The Hall–Kier alpha value is -2.89. The number of fused-ring (bicyclic) bond motifs is 1. The molecule has 1 saturated carbocycles. The molecule has 1 nitrogen and oxygen atoms in total. The molecule has 1 aliphatic carbocycles. The highest BCUT2D eigenvalue weighted by Crippen LogP contribution is 2.38. The SMILES string of the molecule is C=CCCC1CCC(c2ccc3c(F)c(CCc4ccc(OCC(F)(F)F)c(F)c4)ccc3c2)CC1. The first-order valence-electron chi connectivity index (χ1n) is 12.5. The lowest BCUT2D eigenvalue weighted by Crippen LogP contribution is -2.19. The van der Waals surface area contributed by atoms with Crippen molar-refractivity contribution in [1.82, 2.24) is 0 Å². The normalized spacial score (nSPS) is 18.4. The van der Waals surface area contributed by atoms with Gasteiger partial charge in [0.25, 0.3) is 0 Å². The first-order chi connectivity index (χ1) is 17.2. The highest BCUT2D eigenvalue weighted by atomic mass is 19.4. The summed E-state index contributed by atoms with van der Waals surface area (Å²) in [5.41, 5.74) is 2.35. The van der Waals surface area contributed by atoms with Crippen LogP contribution in [0.2, 0.25) is 0 Å². The van der Waals surface area contributed by atoms with E-state index in [0.717, 1.165) is 36.6 Å². The summed E-state index contributed by atoms with van der Waals surface area (Å²) in [6.45, 7) is 2.26. The van der Waals surface area contributed by atoms with Crippen LogP contribution < -0.4 is 4.74 Å². The van der Waals surface area contributed by atoms with Gasteiger partial charge in [0.15, 0.2) is 18.2 Å². The molecule has 36 heavy (non-hydrogen) atoms. The zero-order valence-corrected chi connectivity index (χ0v) is 20.2. The number of hydrogen-bond donors (Lipinski definition) is 0. The van der Waals surface area contributed by atoms with Gasteiger partial charge in [-0.05, 0) is 97.4 Å². The van der Waals surface area contributed by atoms with Gasteiger partial charge in [0.2, 0.25) is 0 Å². The van der Waals surface area contributed by atoms with E-state index in [2.05, 4.69) is 17.4 Å². The molecule has 0 spiro atoms. The number of benzene rings is 3. The minimum Gasteiger partial charge on any atom is -0.481 e. The number of halogens is 5. The third-order valence-electron chi connectivity index (χ3n) is 7.23. The zero-order valence-electron chi connectivity index (χ0n) is 20.2. The minimum atomic E-state index is -4.54. The maximum atomic E-state index is 15.3. The molecule has 0 saturated heterocycles. The van der Waals surface area contributed by atoms with E-state index in [1.807, 2.05) is 24.3 Å². The Morgan fingerprint density at radius 1 is 0.917 bits per heavy atom. The van der Waals surface area contributed by atoms with E-state index >= 15 is 4.39 Å². The number of allylic oxidation sites excluding steroid dienone is 1. The zero-order chi connectivity index (χ0) is 25.7. The van der Waals surface area contributed by atoms with Gasteiger partial charge in [-0.15, -0.1) is 6.58 Å². The van der Waals surface area contributed by atoms with Crippen molar-refractivity contribution < 1.29 is 26.7 Å². The van der Waals surface area contributed by atoms with Crippen LogP contribution in [0.3, 0.4) is 0 Å². The van der Waals surface area contributed by atoms with Crippen molar-refractivity contribution in [2.45, 2.75) is 63.5 Å². The average Bonchev–Trinajstić information content (AvgIpc) is 2.86. The summed E-state index contributed by atoms with van der Waals surface area (Å²) < 4.78 is 70.8. The molecule has 0 unspecified atom stereocenters. The molecule has 0 aliphatic heterocycles. The van der Waals surface area contributed by atoms with E-state index in [9.17, 15) is 17.6 Å². The van der Waals surface area contributed by atoms with Crippen molar-refractivity contribution in [2.75, 3.05) is 6.61 Å². The fourth-order valence-corrected chi connectivity index (χ4v) is 5.20. The Balaban J connectivity index is 1.39. The third kappa shape index (κ3) is 6.65. The second kappa shape index (κ2) is 11.4.